The summed E-state index contributed by atoms with van der Waals surface area (Å²) in [5.74, 6) is 1.33. The van der Waals surface area contributed by atoms with Crippen LogP contribution in [0.5, 0.6) is 0 Å². The number of nitrogens with zero attached hydrogens (tertiary/aromatic N) is 10. The van der Waals surface area contributed by atoms with E-state index in [0.29, 0.717) is 42.0 Å². The van der Waals surface area contributed by atoms with Gasteiger partial charge in [0.1, 0.15) is 0 Å². The molecule has 652 valence electrons. The molecule has 10 nitrogen and oxygen atoms in total. The second-order valence-corrected chi connectivity index (χ2v) is 35.8. The lowest BCUT2D eigenvalue weighted by molar-refractivity contribution is 0.186. The maximum atomic E-state index is 9.21. The zero-order chi connectivity index (χ0) is 83.5. The van der Waals surface area contributed by atoms with Gasteiger partial charge in [0.25, 0.3) is 0 Å². The Balaban J connectivity index is 0.000000174. The number of allylic oxidation sites excluding steroid dienone is 9. The molecule has 0 radical (unpaired) electrons. The standard InChI is InChI=1S/C23H34N2.C23H28N2.C22H32N2.2C18H26N2.5CH4/c2*1-18-11-9-10-16-22(18)24-17-25(21-14-7-4-8-15-21)23(19(24)2)20-12-5-3-6-13-20;1-17-10-6-9-15-21(17)23-16-24(20-13-4-3-5-14-20)22(18(23)2)19-11-7-8-12-19;2*1-14-9-7-8-12-18(14)20-13-19(15(2)16(20)3)17-10-5-4-6-11-17;;;;;/h9-11,16,20-21H,3-8,12-15,17H2,1-2H3;3,5-6,9-13,16,21H,4,7-8,14-15,17H2,1-2H3;6,9-10,15,19-20H,3-5,7-8,11-14,16H2,1-2H3;2*7-9,12,17H,4-6,10-11,13H2,1-3H3;5*1H4/i2*17D;16D;2*13D;;;;;. The molecule has 7 fully saturated rings. The summed E-state index contributed by atoms with van der Waals surface area (Å²) in [6, 6.07) is 55.7. The molecule has 0 aromatic heterocycles. The molecule has 5 heterocycles. The van der Waals surface area contributed by atoms with Crippen LogP contribution in [-0.4, -0.2) is 87.9 Å². The van der Waals surface area contributed by atoms with Gasteiger partial charge in [-0.25, -0.2) is 0 Å². The molecule has 10 heteroatoms. The zero-order valence-electron chi connectivity index (χ0n) is 77.4. The highest BCUT2D eigenvalue weighted by Crippen LogP contribution is 2.48. The summed E-state index contributed by atoms with van der Waals surface area (Å²) in [4.78, 5) is 23.4. The molecule has 119 heavy (non-hydrogen) atoms. The van der Waals surface area contributed by atoms with Crippen LogP contribution in [0.15, 0.2) is 203 Å². The zero-order valence-corrected chi connectivity index (χ0v) is 72.4. The number of para-hydroxylation sites is 5. The van der Waals surface area contributed by atoms with Crippen LogP contribution in [0, 0.1) is 46.5 Å². The lowest BCUT2D eigenvalue weighted by Crippen LogP contribution is -2.39. The quantitative estimate of drug-likeness (QED) is 0.112. The molecule has 0 amide bonds. The number of hydrogen-bond acceptors (Lipinski definition) is 10. The molecular weight excluding hydrogens is 1450 g/mol. The van der Waals surface area contributed by atoms with Gasteiger partial charge in [-0.15, -0.1) is 0 Å². The van der Waals surface area contributed by atoms with E-state index in [4.69, 9.17) is 5.48 Å². The molecule has 0 bridgehead atoms. The number of hydrogen-bond donors (Lipinski definition) is 0. The smallest absolute Gasteiger partial charge is 0.0952 e. The maximum Gasteiger partial charge on any atom is 0.0952 e. The summed E-state index contributed by atoms with van der Waals surface area (Å²) < 4.78 is 45.1. The predicted octanol–water partition coefficient (Wildman–Crippen LogP) is 30.3. The summed E-state index contributed by atoms with van der Waals surface area (Å²) in [6.45, 7) is 24.6. The molecule has 6 aromatic carbocycles. The largest absolute Gasteiger partial charge is 0.353 e. The molecule has 5 atom stereocenters. The second kappa shape index (κ2) is 45.2. The predicted molar refractivity (Wildman–Crippen MR) is 520 cm³/mol. The minimum atomic E-state index is -0.394. The topological polar surface area (TPSA) is 32.4 Å². The fourth-order valence-electron chi connectivity index (χ4n) is 21.4. The van der Waals surface area contributed by atoms with Crippen molar-refractivity contribution in [1.82, 2.24) is 24.5 Å². The Kier molecular flexibility index (Phi) is 33.2. The third-order valence-corrected chi connectivity index (χ3v) is 28.2. The van der Waals surface area contributed by atoms with Crippen LogP contribution in [0.25, 0.3) is 5.70 Å². The SMILES string of the molecule is C.C.C.C.C.[2H]C1N(c2ccccc2C)C(C)=C(C)N1C1CCCCC1.[2H]C1N(c2ccccc2C)C(C)=C(C)N1C1CCCCC1.[2H]C1N(c2ccccc2C)C(C)=C(C2CCCC2)N1C1CCCCC1.[2H]C1N(c2ccccc2C)C(C)=C(C2CCCCC2)N1C1CCCCC1.[2H]C1N(c2ccccc2C)C(C)=C(c2ccccc2)N1C1CCCCC1. The third kappa shape index (κ3) is 21.9. The number of aryl methyl sites for hydroxylation is 5. The Morgan fingerprint density at radius 3 is 0.706 bits per heavy atom. The Morgan fingerprint density at radius 1 is 0.210 bits per heavy atom. The summed E-state index contributed by atoms with van der Waals surface area (Å²) in [5, 5.41) is 0. The van der Waals surface area contributed by atoms with Crippen molar-refractivity contribution in [1.29, 1.82) is 0 Å². The average molecular weight is 1620 g/mol. The van der Waals surface area contributed by atoms with Crippen molar-refractivity contribution in [3.8, 4) is 0 Å². The van der Waals surface area contributed by atoms with Gasteiger partial charge < -0.3 is 49.0 Å². The van der Waals surface area contributed by atoms with Crippen molar-refractivity contribution >= 4 is 34.1 Å². The van der Waals surface area contributed by atoms with E-state index in [1.54, 1.807) is 0 Å². The van der Waals surface area contributed by atoms with E-state index >= 15 is 0 Å². The lowest BCUT2D eigenvalue weighted by atomic mass is 9.84. The van der Waals surface area contributed by atoms with Gasteiger partial charge in [0.2, 0.25) is 0 Å². The van der Waals surface area contributed by atoms with Gasteiger partial charge in [0, 0.05) is 122 Å². The van der Waals surface area contributed by atoms with E-state index in [2.05, 4.69) is 284 Å². The fraction of sp³-hybridized carbons (Fsp3) is 0.578. The Bertz CT molecular complexity index is 4390. The summed E-state index contributed by atoms with van der Waals surface area (Å²) in [7, 11) is 0. The van der Waals surface area contributed by atoms with E-state index in [-0.39, 0.29) is 63.7 Å². The monoisotopic (exact) mass is 1620 g/mol. The average Bonchev–Trinajstić information content (AvgIpc) is 1.62. The van der Waals surface area contributed by atoms with Crippen molar-refractivity contribution in [2.45, 2.75) is 369 Å². The van der Waals surface area contributed by atoms with Crippen LogP contribution in [0.2, 0.25) is 0 Å². The van der Waals surface area contributed by atoms with Crippen LogP contribution >= 0.6 is 0 Å². The molecule has 5 aliphatic heterocycles. The minimum absolute atomic E-state index is 0. The highest BCUT2D eigenvalue weighted by molar-refractivity contribution is 5.76. The van der Waals surface area contributed by atoms with Gasteiger partial charge in [0.05, 0.1) is 45.8 Å². The van der Waals surface area contributed by atoms with Crippen LogP contribution in [0.3, 0.4) is 0 Å². The molecule has 7 aliphatic carbocycles. The van der Waals surface area contributed by atoms with Crippen LogP contribution in [-0.2, 0) is 0 Å². The van der Waals surface area contributed by atoms with E-state index in [1.165, 1.54) is 331 Å². The van der Waals surface area contributed by atoms with Gasteiger partial charge in [0.15, 0.2) is 0 Å². The van der Waals surface area contributed by atoms with Crippen molar-refractivity contribution in [2.75, 3.05) is 57.7 Å². The highest BCUT2D eigenvalue weighted by atomic mass is 15.4. The van der Waals surface area contributed by atoms with E-state index in [0.717, 1.165) is 5.69 Å². The number of benzene rings is 6. The Labute approximate surface area is 736 Å². The number of rotatable bonds is 13. The molecular formula is C109H166N10. The van der Waals surface area contributed by atoms with Gasteiger partial charge >= 0.3 is 0 Å². The van der Waals surface area contributed by atoms with E-state index in [9.17, 15) is 1.37 Å². The van der Waals surface area contributed by atoms with Crippen molar-refractivity contribution in [3.05, 3.63) is 236 Å². The summed E-state index contributed by atoms with van der Waals surface area (Å²) in [5.41, 5.74) is 26.6. The second-order valence-electron chi connectivity index (χ2n) is 35.8. The molecule has 18 rings (SSSR count). The maximum absolute atomic E-state index is 9.21. The van der Waals surface area contributed by atoms with Gasteiger partial charge in [-0.05, 0) is 237 Å². The first-order chi connectivity index (χ1) is 57.8. The first kappa shape index (κ1) is 87.4. The van der Waals surface area contributed by atoms with Crippen LogP contribution in [0.4, 0.5) is 28.4 Å². The minimum Gasteiger partial charge on any atom is -0.353 e. The fourth-order valence-corrected chi connectivity index (χ4v) is 21.4. The Hall–Kier alpha value is -7.98. The van der Waals surface area contributed by atoms with Gasteiger partial charge in [-0.1, -0.05) is 287 Å². The first-order valence-electron chi connectivity index (χ1n) is 48.5. The van der Waals surface area contributed by atoms with Crippen molar-refractivity contribution in [3.63, 3.8) is 0 Å². The van der Waals surface area contributed by atoms with Gasteiger partial charge in [-0.2, -0.15) is 0 Å². The summed E-state index contributed by atoms with van der Waals surface area (Å²) >= 11 is 0. The molecule has 5 unspecified atom stereocenters. The first-order valence-corrected chi connectivity index (χ1v) is 45.6. The molecule has 7 saturated carbocycles. The highest BCUT2D eigenvalue weighted by Gasteiger charge is 2.41. The van der Waals surface area contributed by atoms with Crippen molar-refractivity contribution < 1.29 is 6.85 Å². The normalized spacial score (nSPS) is 24.4. The van der Waals surface area contributed by atoms with Crippen molar-refractivity contribution in [2.24, 2.45) is 11.8 Å². The molecule has 6 aromatic rings. The summed E-state index contributed by atoms with van der Waals surface area (Å²) in [6.07, 6.45) is 44.3. The Morgan fingerprint density at radius 2 is 0.420 bits per heavy atom. The molecule has 0 spiro atoms. The van der Waals surface area contributed by atoms with E-state index in [1.807, 2.05) is 0 Å². The lowest BCUT2D eigenvalue weighted by Gasteiger charge is -2.38. The van der Waals surface area contributed by atoms with Gasteiger partial charge in [-0.3, -0.25) is 0 Å². The van der Waals surface area contributed by atoms with Crippen LogP contribution in [0.1, 0.15) is 344 Å². The molecule has 12 aliphatic rings. The number of anilines is 5. The molecule has 0 N–H and O–H groups in total. The molecule has 0 saturated heterocycles. The van der Waals surface area contributed by atoms with E-state index < -0.39 is 6.64 Å². The van der Waals surface area contributed by atoms with Crippen LogP contribution < -0.4 is 24.5 Å². The third-order valence-electron chi connectivity index (χ3n) is 28.2.